The quantitative estimate of drug-likeness (QED) is 0.593. The maximum atomic E-state index is 12.6. The molecule has 1 aromatic heterocycles. The van der Waals surface area contributed by atoms with Crippen molar-refractivity contribution in [3.63, 3.8) is 0 Å². The minimum absolute atomic E-state index is 0.170. The van der Waals surface area contributed by atoms with E-state index >= 15 is 0 Å². The van der Waals surface area contributed by atoms with Gasteiger partial charge in [-0.15, -0.1) is 0 Å². The van der Waals surface area contributed by atoms with Crippen molar-refractivity contribution in [2.24, 2.45) is 29.2 Å². The second-order valence-electron chi connectivity index (χ2n) is 11.6. The summed E-state index contributed by atoms with van der Waals surface area (Å²) in [6.07, 6.45) is 4.84. The molecule has 7 rings (SSSR count). The number of aromatic nitrogens is 1. The summed E-state index contributed by atoms with van der Waals surface area (Å²) in [7, 11) is 0. The monoisotopic (exact) mass is 489 g/mol. The molecule has 2 heterocycles. The van der Waals surface area contributed by atoms with E-state index in [9.17, 15) is 14.7 Å². The maximum Gasteiger partial charge on any atom is 0.267 e. The number of rotatable bonds is 5. The number of primary amides is 2. The lowest BCUT2D eigenvalue weighted by atomic mass is 9.49. The molecule has 36 heavy (non-hydrogen) atoms. The minimum Gasteiger partial charge on any atom is -0.390 e. The molecule has 5 aliphatic rings. The number of carbonyl (C=O) groups excluding carboxylic acids is 2. The summed E-state index contributed by atoms with van der Waals surface area (Å²) in [5.74, 6) is 1.54. The Balaban J connectivity index is 1.22. The summed E-state index contributed by atoms with van der Waals surface area (Å²) in [4.78, 5) is 33.3. The Labute approximate surface area is 211 Å². The summed E-state index contributed by atoms with van der Waals surface area (Å²) < 4.78 is 0. The molecular weight excluding hydrogens is 454 g/mol. The van der Waals surface area contributed by atoms with E-state index in [1.807, 2.05) is 12.1 Å². The van der Waals surface area contributed by atoms with Gasteiger partial charge in [-0.25, -0.2) is 4.98 Å². The van der Waals surface area contributed by atoms with Crippen LogP contribution in [-0.2, 0) is 0 Å². The molecule has 2 amide bonds. The van der Waals surface area contributed by atoms with Gasteiger partial charge in [-0.3, -0.25) is 9.59 Å². The van der Waals surface area contributed by atoms with E-state index in [-0.39, 0.29) is 12.0 Å². The number of amides is 2. The van der Waals surface area contributed by atoms with Gasteiger partial charge in [-0.2, -0.15) is 0 Å². The number of hydrogen-bond donors (Lipinski definition) is 3. The van der Waals surface area contributed by atoms with Crippen LogP contribution in [0.25, 0.3) is 0 Å². The third-order valence-corrected chi connectivity index (χ3v) is 9.18. The summed E-state index contributed by atoms with van der Waals surface area (Å²) >= 11 is 0. The van der Waals surface area contributed by atoms with Crippen LogP contribution in [0.5, 0.6) is 0 Å². The fourth-order valence-corrected chi connectivity index (χ4v) is 7.94. The molecule has 3 atom stereocenters. The number of benzene rings is 1. The largest absolute Gasteiger partial charge is 0.390 e. The molecule has 4 aliphatic carbocycles. The first-order chi connectivity index (χ1) is 17.2. The first-order valence-corrected chi connectivity index (χ1v) is 13.2. The molecule has 4 bridgehead atoms. The van der Waals surface area contributed by atoms with Crippen molar-refractivity contribution < 1.29 is 14.7 Å². The number of nitrogens with zero attached hydrogens (tertiary/aromatic N) is 3. The number of piperazine rings is 1. The van der Waals surface area contributed by atoms with Crippen LogP contribution in [0.2, 0.25) is 0 Å². The third-order valence-electron chi connectivity index (χ3n) is 9.18. The molecule has 5 fully saturated rings. The Morgan fingerprint density at radius 1 is 0.972 bits per heavy atom. The minimum atomic E-state index is -0.511. The van der Waals surface area contributed by atoms with Crippen LogP contribution < -0.4 is 21.3 Å². The Kier molecular flexibility index (Phi) is 5.48. The van der Waals surface area contributed by atoms with Crippen LogP contribution in [0.1, 0.15) is 71.4 Å². The number of anilines is 2. The van der Waals surface area contributed by atoms with Crippen molar-refractivity contribution in [2.45, 2.75) is 56.6 Å². The van der Waals surface area contributed by atoms with Crippen LogP contribution in [0, 0.1) is 17.8 Å². The van der Waals surface area contributed by atoms with Gasteiger partial charge in [0, 0.05) is 36.9 Å². The zero-order valence-electron chi connectivity index (χ0n) is 20.8. The normalized spacial score (nSPS) is 33.1. The lowest BCUT2D eigenvalue weighted by molar-refractivity contribution is -0.134. The SMILES string of the molecule is CC1CN(c2ccc(C(N)=O)cc2)CCN1c1ccc(C2C3CC4CC2CC(O)(C4)C3)c(C(N)=O)n1. The zero-order valence-corrected chi connectivity index (χ0v) is 20.8. The lowest BCUT2D eigenvalue weighted by Crippen LogP contribution is -2.54. The molecule has 5 N–H and O–H groups in total. The van der Waals surface area contributed by atoms with Gasteiger partial charge in [-0.05, 0) is 98.6 Å². The predicted octanol–water partition coefficient (Wildman–Crippen LogP) is 2.65. The van der Waals surface area contributed by atoms with Gasteiger partial charge in [0.1, 0.15) is 11.5 Å². The van der Waals surface area contributed by atoms with Gasteiger partial charge in [0.2, 0.25) is 5.91 Å². The highest BCUT2D eigenvalue weighted by Crippen LogP contribution is 2.61. The fourth-order valence-electron chi connectivity index (χ4n) is 7.94. The van der Waals surface area contributed by atoms with Gasteiger partial charge in [-0.1, -0.05) is 6.07 Å². The number of nitrogens with two attached hydrogens (primary N) is 2. The Bertz CT molecular complexity index is 1180. The first-order valence-electron chi connectivity index (χ1n) is 13.2. The Morgan fingerprint density at radius 2 is 1.67 bits per heavy atom. The summed E-state index contributed by atoms with van der Waals surface area (Å²) in [5, 5.41) is 11.0. The molecule has 190 valence electrons. The number of hydrogen-bond acceptors (Lipinski definition) is 6. The number of aliphatic hydroxyl groups is 1. The molecule has 3 unspecified atom stereocenters. The van der Waals surface area contributed by atoms with Crippen molar-refractivity contribution in [3.05, 3.63) is 53.2 Å². The third kappa shape index (κ3) is 3.92. The van der Waals surface area contributed by atoms with Gasteiger partial charge in [0.05, 0.1) is 5.60 Å². The van der Waals surface area contributed by atoms with Crippen LogP contribution >= 0.6 is 0 Å². The Morgan fingerprint density at radius 3 is 2.25 bits per heavy atom. The molecule has 1 saturated heterocycles. The van der Waals surface area contributed by atoms with Gasteiger partial charge in [0.25, 0.3) is 5.91 Å². The number of pyridine rings is 1. The highest BCUT2D eigenvalue weighted by Gasteiger charge is 2.55. The van der Waals surface area contributed by atoms with Crippen molar-refractivity contribution in [2.75, 3.05) is 29.4 Å². The standard InChI is InChI=1S/C28H35N5O3/c1-16-15-32(21-4-2-18(3-5-21)26(29)34)8-9-33(16)23-7-6-22(25(31-23)27(30)35)24-19-10-17-11-20(24)14-28(36,12-17)13-19/h2-7,16-17,19-20,24,36H,8-15H2,1H3,(H2,29,34)(H2,30,35). The zero-order chi connectivity index (χ0) is 25.2. The van der Waals surface area contributed by atoms with Crippen LogP contribution in [-0.4, -0.2) is 53.2 Å². The Hall–Kier alpha value is -3.13. The van der Waals surface area contributed by atoms with E-state index in [0.29, 0.717) is 29.0 Å². The summed E-state index contributed by atoms with van der Waals surface area (Å²) in [5.41, 5.74) is 13.7. The second kappa shape index (κ2) is 8.47. The predicted molar refractivity (Wildman–Crippen MR) is 138 cm³/mol. The molecule has 0 spiro atoms. The molecular formula is C28H35N5O3. The molecule has 2 aromatic rings. The summed E-state index contributed by atoms with van der Waals surface area (Å²) in [6, 6.07) is 11.7. The van der Waals surface area contributed by atoms with E-state index in [2.05, 4.69) is 28.9 Å². The van der Waals surface area contributed by atoms with Crippen LogP contribution in [0.15, 0.2) is 36.4 Å². The second-order valence-corrected chi connectivity index (χ2v) is 11.6. The smallest absolute Gasteiger partial charge is 0.267 e. The van der Waals surface area contributed by atoms with Crippen molar-refractivity contribution in [3.8, 4) is 0 Å². The number of carbonyl (C=O) groups is 2. The van der Waals surface area contributed by atoms with E-state index in [0.717, 1.165) is 68.8 Å². The van der Waals surface area contributed by atoms with E-state index in [4.69, 9.17) is 16.5 Å². The highest BCUT2D eigenvalue weighted by atomic mass is 16.3. The average molecular weight is 490 g/mol. The van der Waals surface area contributed by atoms with Crippen molar-refractivity contribution in [1.29, 1.82) is 0 Å². The molecule has 0 radical (unpaired) electrons. The van der Waals surface area contributed by atoms with Crippen LogP contribution in [0.4, 0.5) is 11.5 Å². The highest BCUT2D eigenvalue weighted by molar-refractivity contribution is 5.93. The van der Waals surface area contributed by atoms with Gasteiger partial charge < -0.3 is 26.4 Å². The van der Waals surface area contributed by atoms with E-state index in [1.165, 1.54) is 0 Å². The molecule has 4 saturated carbocycles. The molecule has 1 aromatic carbocycles. The maximum absolute atomic E-state index is 12.6. The van der Waals surface area contributed by atoms with Crippen LogP contribution in [0.3, 0.4) is 0 Å². The molecule has 8 heteroatoms. The van der Waals surface area contributed by atoms with Crippen molar-refractivity contribution in [1.82, 2.24) is 4.98 Å². The molecule has 1 aliphatic heterocycles. The topological polar surface area (TPSA) is 126 Å². The fraction of sp³-hybridized carbons (Fsp3) is 0.536. The van der Waals surface area contributed by atoms with Gasteiger partial charge >= 0.3 is 0 Å². The summed E-state index contributed by atoms with van der Waals surface area (Å²) in [6.45, 7) is 4.50. The lowest BCUT2D eigenvalue weighted by Gasteiger charge is -2.58. The average Bonchev–Trinajstić information content (AvgIpc) is 2.83. The van der Waals surface area contributed by atoms with E-state index < -0.39 is 17.4 Å². The molecule has 8 nitrogen and oxygen atoms in total. The van der Waals surface area contributed by atoms with E-state index in [1.54, 1.807) is 12.1 Å². The van der Waals surface area contributed by atoms with Crippen molar-refractivity contribution >= 4 is 23.3 Å². The first kappa shape index (κ1) is 23.3. The van der Waals surface area contributed by atoms with Gasteiger partial charge in [0.15, 0.2) is 0 Å².